The molecule has 17 heavy (non-hydrogen) atoms. The largest absolute Gasteiger partial charge is 0.379 e. The number of hydrogen-bond acceptors (Lipinski definition) is 2. The molecule has 0 saturated heterocycles. The van der Waals surface area contributed by atoms with Crippen LogP contribution in [-0.2, 0) is 4.74 Å². The maximum absolute atomic E-state index is 13.6. The Balaban J connectivity index is 2.10. The average Bonchev–Trinajstić information content (AvgIpc) is 2.34. The molecular formula is C13H17ClFNO. The van der Waals surface area contributed by atoms with Gasteiger partial charge in [0.25, 0.3) is 0 Å². The van der Waals surface area contributed by atoms with E-state index >= 15 is 0 Å². The molecule has 0 heterocycles. The number of halogens is 2. The number of benzene rings is 1. The Morgan fingerprint density at radius 1 is 1.35 bits per heavy atom. The van der Waals surface area contributed by atoms with Crippen LogP contribution >= 0.6 is 11.6 Å². The van der Waals surface area contributed by atoms with Gasteiger partial charge in [0.05, 0.1) is 17.8 Å². The van der Waals surface area contributed by atoms with Gasteiger partial charge in [0.1, 0.15) is 5.82 Å². The van der Waals surface area contributed by atoms with Crippen molar-refractivity contribution in [3.05, 3.63) is 29.0 Å². The molecule has 2 unspecified atom stereocenters. The van der Waals surface area contributed by atoms with E-state index < -0.39 is 0 Å². The lowest BCUT2D eigenvalue weighted by Crippen LogP contribution is -2.38. The van der Waals surface area contributed by atoms with Crippen molar-refractivity contribution in [1.29, 1.82) is 0 Å². The Bertz CT molecular complexity index is 386. The quantitative estimate of drug-likeness (QED) is 0.888. The molecular weight excluding hydrogens is 241 g/mol. The highest BCUT2D eigenvalue weighted by molar-refractivity contribution is 6.30. The van der Waals surface area contributed by atoms with Crippen LogP contribution in [0.5, 0.6) is 0 Å². The summed E-state index contributed by atoms with van der Waals surface area (Å²) >= 11 is 5.87. The normalized spacial score (nSPS) is 24.6. The summed E-state index contributed by atoms with van der Waals surface area (Å²) in [6, 6.07) is 4.73. The molecule has 1 aliphatic rings. The topological polar surface area (TPSA) is 21.3 Å². The van der Waals surface area contributed by atoms with E-state index in [-0.39, 0.29) is 18.0 Å². The lowest BCUT2D eigenvalue weighted by atomic mass is 9.92. The third-order valence-corrected chi connectivity index (χ3v) is 3.51. The second-order valence-electron chi connectivity index (χ2n) is 4.43. The molecule has 1 aromatic carbocycles. The van der Waals surface area contributed by atoms with E-state index in [1.54, 1.807) is 19.2 Å². The first-order chi connectivity index (χ1) is 8.20. The van der Waals surface area contributed by atoms with Crippen LogP contribution < -0.4 is 5.32 Å². The first-order valence-electron chi connectivity index (χ1n) is 5.95. The van der Waals surface area contributed by atoms with Crippen molar-refractivity contribution in [3.63, 3.8) is 0 Å². The summed E-state index contributed by atoms with van der Waals surface area (Å²) < 4.78 is 19.0. The molecule has 0 aliphatic heterocycles. The number of rotatable bonds is 3. The lowest BCUT2D eigenvalue weighted by Gasteiger charge is -2.31. The highest BCUT2D eigenvalue weighted by Crippen LogP contribution is 2.26. The van der Waals surface area contributed by atoms with Crippen LogP contribution in [0, 0.1) is 5.82 Å². The van der Waals surface area contributed by atoms with Gasteiger partial charge in [-0.3, -0.25) is 0 Å². The van der Waals surface area contributed by atoms with Gasteiger partial charge in [-0.2, -0.15) is 0 Å². The second-order valence-corrected chi connectivity index (χ2v) is 4.87. The van der Waals surface area contributed by atoms with Gasteiger partial charge in [0.2, 0.25) is 0 Å². The second kappa shape index (κ2) is 5.69. The third kappa shape index (κ3) is 3.11. The number of methoxy groups -OCH3 is 1. The number of ether oxygens (including phenoxy) is 1. The highest BCUT2D eigenvalue weighted by Gasteiger charge is 2.25. The van der Waals surface area contributed by atoms with E-state index in [1.165, 1.54) is 12.5 Å². The van der Waals surface area contributed by atoms with Crippen LogP contribution in [0.3, 0.4) is 0 Å². The molecule has 1 N–H and O–H groups in total. The predicted molar refractivity (Wildman–Crippen MR) is 68.1 cm³/mol. The van der Waals surface area contributed by atoms with Crippen molar-refractivity contribution in [2.45, 2.75) is 37.8 Å². The summed E-state index contributed by atoms with van der Waals surface area (Å²) in [7, 11) is 1.71. The van der Waals surface area contributed by atoms with Gasteiger partial charge in [0.15, 0.2) is 0 Å². The third-order valence-electron chi connectivity index (χ3n) is 3.27. The molecule has 94 valence electrons. The molecule has 1 fully saturated rings. The predicted octanol–water partition coefficient (Wildman–Crippen LogP) is 3.85. The van der Waals surface area contributed by atoms with Crippen molar-refractivity contribution in [2.75, 3.05) is 12.4 Å². The van der Waals surface area contributed by atoms with Crippen LogP contribution in [0.25, 0.3) is 0 Å². The molecule has 1 aliphatic carbocycles. The van der Waals surface area contributed by atoms with Gasteiger partial charge in [0, 0.05) is 12.1 Å². The van der Waals surface area contributed by atoms with E-state index in [4.69, 9.17) is 16.3 Å². The zero-order chi connectivity index (χ0) is 12.3. The first kappa shape index (κ1) is 12.7. The van der Waals surface area contributed by atoms with Crippen LogP contribution in [-0.4, -0.2) is 19.3 Å². The van der Waals surface area contributed by atoms with Crippen LogP contribution in [0.2, 0.25) is 5.02 Å². The van der Waals surface area contributed by atoms with Crippen molar-refractivity contribution >= 4 is 17.3 Å². The number of nitrogens with one attached hydrogen (secondary N) is 1. The molecule has 4 heteroatoms. The van der Waals surface area contributed by atoms with E-state index in [2.05, 4.69) is 5.32 Å². The SMILES string of the molecule is COC1CCCCC1Nc1cc(Cl)ccc1F. The summed E-state index contributed by atoms with van der Waals surface area (Å²) in [6.07, 6.45) is 4.51. The summed E-state index contributed by atoms with van der Waals surface area (Å²) in [4.78, 5) is 0. The Kier molecular flexibility index (Phi) is 4.24. The van der Waals surface area contributed by atoms with E-state index in [0.29, 0.717) is 10.7 Å². The molecule has 2 nitrogen and oxygen atoms in total. The van der Waals surface area contributed by atoms with E-state index in [9.17, 15) is 4.39 Å². The molecule has 0 amide bonds. The minimum atomic E-state index is -0.269. The van der Waals surface area contributed by atoms with Gasteiger partial charge >= 0.3 is 0 Å². The van der Waals surface area contributed by atoms with E-state index in [1.807, 2.05) is 0 Å². The standard InChI is InChI=1S/C13H17ClFNO/c1-17-13-5-3-2-4-11(13)16-12-8-9(14)6-7-10(12)15/h6-8,11,13,16H,2-5H2,1H3. The summed E-state index contributed by atoms with van der Waals surface area (Å²) in [5.74, 6) is -0.269. The van der Waals surface area contributed by atoms with Crippen LogP contribution in [0.1, 0.15) is 25.7 Å². The minimum absolute atomic E-state index is 0.155. The fourth-order valence-corrected chi connectivity index (χ4v) is 2.52. The molecule has 0 aromatic heterocycles. The van der Waals surface area contributed by atoms with Crippen molar-refractivity contribution in [2.24, 2.45) is 0 Å². The molecule has 0 radical (unpaired) electrons. The summed E-state index contributed by atoms with van der Waals surface area (Å²) in [5.41, 5.74) is 0.464. The minimum Gasteiger partial charge on any atom is -0.379 e. The fraction of sp³-hybridized carbons (Fsp3) is 0.538. The molecule has 1 saturated carbocycles. The monoisotopic (exact) mass is 257 g/mol. The van der Waals surface area contributed by atoms with Crippen LogP contribution in [0.4, 0.5) is 10.1 Å². The molecule has 2 rings (SSSR count). The Morgan fingerprint density at radius 3 is 2.88 bits per heavy atom. The Morgan fingerprint density at radius 2 is 2.12 bits per heavy atom. The maximum atomic E-state index is 13.6. The smallest absolute Gasteiger partial charge is 0.146 e. The zero-order valence-electron chi connectivity index (χ0n) is 9.88. The lowest BCUT2D eigenvalue weighted by molar-refractivity contribution is 0.0605. The Labute approximate surface area is 106 Å². The van der Waals surface area contributed by atoms with Crippen molar-refractivity contribution < 1.29 is 9.13 Å². The number of anilines is 1. The Hall–Kier alpha value is -0.800. The van der Waals surface area contributed by atoms with Crippen LogP contribution in [0.15, 0.2) is 18.2 Å². The van der Waals surface area contributed by atoms with Gasteiger partial charge in [-0.1, -0.05) is 24.4 Å². The number of hydrogen-bond donors (Lipinski definition) is 1. The van der Waals surface area contributed by atoms with Gasteiger partial charge < -0.3 is 10.1 Å². The van der Waals surface area contributed by atoms with E-state index in [0.717, 1.165) is 19.3 Å². The zero-order valence-corrected chi connectivity index (χ0v) is 10.6. The van der Waals surface area contributed by atoms with Crippen molar-refractivity contribution in [1.82, 2.24) is 0 Å². The highest BCUT2D eigenvalue weighted by atomic mass is 35.5. The fourth-order valence-electron chi connectivity index (χ4n) is 2.35. The first-order valence-corrected chi connectivity index (χ1v) is 6.33. The summed E-state index contributed by atoms with van der Waals surface area (Å²) in [5, 5.41) is 3.75. The molecule has 0 bridgehead atoms. The van der Waals surface area contributed by atoms with Gasteiger partial charge in [-0.25, -0.2) is 4.39 Å². The molecule has 0 spiro atoms. The maximum Gasteiger partial charge on any atom is 0.146 e. The van der Waals surface area contributed by atoms with Gasteiger partial charge in [-0.15, -0.1) is 0 Å². The summed E-state index contributed by atoms with van der Waals surface area (Å²) in [6.45, 7) is 0. The molecule has 2 atom stereocenters. The average molecular weight is 258 g/mol. The van der Waals surface area contributed by atoms with Gasteiger partial charge in [-0.05, 0) is 31.0 Å². The van der Waals surface area contributed by atoms with Crippen molar-refractivity contribution in [3.8, 4) is 0 Å². The molecule has 1 aromatic rings.